The van der Waals surface area contributed by atoms with Crippen molar-refractivity contribution in [3.8, 4) is 0 Å². The summed E-state index contributed by atoms with van der Waals surface area (Å²) in [6, 6.07) is 4.72. The van der Waals surface area contributed by atoms with Crippen LogP contribution in [0, 0.1) is 5.82 Å². The fraction of sp³-hybridized carbons (Fsp3) is 0.0769. The summed E-state index contributed by atoms with van der Waals surface area (Å²) in [7, 11) is 0. The van der Waals surface area contributed by atoms with Crippen LogP contribution in [0.25, 0.3) is 0 Å². The Morgan fingerprint density at radius 1 is 1.24 bits per heavy atom. The van der Waals surface area contributed by atoms with E-state index in [9.17, 15) is 22.4 Å². The molecule has 1 aromatic heterocycles. The van der Waals surface area contributed by atoms with Gasteiger partial charge in [-0.3, -0.25) is 0 Å². The van der Waals surface area contributed by atoms with Gasteiger partial charge >= 0.3 is 12.1 Å². The van der Waals surface area contributed by atoms with Gasteiger partial charge in [-0.25, -0.2) is 14.2 Å². The molecule has 0 radical (unpaired) electrons. The van der Waals surface area contributed by atoms with Crippen molar-refractivity contribution in [2.45, 2.75) is 16.1 Å². The molecule has 0 bridgehead atoms. The molecule has 0 fully saturated rings. The van der Waals surface area contributed by atoms with Crippen LogP contribution in [0.2, 0.25) is 0 Å². The van der Waals surface area contributed by atoms with E-state index >= 15 is 0 Å². The number of hydrogen-bond acceptors (Lipinski definition) is 3. The van der Waals surface area contributed by atoms with E-state index in [2.05, 4.69) is 4.98 Å². The lowest BCUT2D eigenvalue weighted by molar-refractivity contribution is -0.137. The number of aromatic carboxylic acids is 1. The van der Waals surface area contributed by atoms with Gasteiger partial charge < -0.3 is 5.11 Å². The van der Waals surface area contributed by atoms with E-state index in [0.29, 0.717) is 17.8 Å². The Balaban J connectivity index is 2.35. The Kier molecular flexibility index (Phi) is 4.17. The normalized spacial score (nSPS) is 11.4. The number of pyridine rings is 1. The maximum Gasteiger partial charge on any atom is 0.416 e. The number of benzene rings is 1. The summed E-state index contributed by atoms with van der Waals surface area (Å²) >= 11 is 0.654. The van der Waals surface area contributed by atoms with E-state index in [1.165, 1.54) is 18.3 Å². The molecule has 0 atom stereocenters. The highest BCUT2D eigenvalue weighted by Crippen LogP contribution is 2.35. The number of carboxylic acids is 1. The number of hydrogen-bond donors (Lipinski definition) is 1. The second kappa shape index (κ2) is 5.72. The minimum atomic E-state index is -4.64. The van der Waals surface area contributed by atoms with Gasteiger partial charge in [-0.15, -0.1) is 0 Å². The van der Waals surface area contributed by atoms with Gasteiger partial charge in [0.05, 0.1) is 11.1 Å². The van der Waals surface area contributed by atoms with Crippen molar-refractivity contribution in [2.75, 3.05) is 0 Å². The zero-order chi connectivity index (χ0) is 15.6. The summed E-state index contributed by atoms with van der Waals surface area (Å²) in [6.07, 6.45) is -3.32. The molecule has 2 aromatic rings. The summed E-state index contributed by atoms with van der Waals surface area (Å²) in [5.74, 6) is -2.34. The number of carboxylic acid groups (broad SMARTS) is 1. The van der Waals surface area contributed by atoms with Crippen LogP contribution in [0.3, 0.4) is 0 Å². The molecule has 1 N–H and O–H groups in total. The second-order valence-corrected chi connectivity index (χ2v) is 4.94. The predicted molar refractivity (Wildman–Crippen MR) is 66.7 cm³/mol. The Labute approximate surface area is 120 Å². The molecule has 0 aliphatic rings. The molecular formula is C13H7F4NO2S. The zero-order valence-electron chi connectivity index (χ0n) is 10.2. The van der Waals surface area contributed by atoms with Crippen molar-refractivity contribution in [1.82, 2.24) is 4.98 Å². The van der Waals surface area contributed by atoms with Crippen LogP contribution in [0.4, 0.5) is 17.6 Å². The average molecular weight is 317 g/mol. The van der Waals surface area contributed by atoms with Gasteiger partial charge in [0.2, 0.25) is 0 Å². The van der Waals surface area contributed by atoms with Crippen LogP contribution in [-0.4, -0.2) is 16.1 Å². The summed E-state index contributed by atoms with van der Waals surface area (Å²) < 4.78 is 51.0. The van der Waals surface area contributed by atoms with Crippen LogP contribution >= 0.6 is 11.8 Å². The van der Waals surface area contributed by atoms with Crippen molar-refractivity contribution in [2.24, 2.45) is 0 Å². The van der Waals surface area contributed by atoms with E-state index in [-0.39, 0.29) is 15.5 Å². The smallest absolute Gasteiger partial charge is 0.416 e. The summed E-state index contributed by atoms with van der Waals surface area (Å²) in [5, 5.41) is 8.97. The second-order valence-electron chi connectivity index (χ2n) is 3.91. The molecule has 21 heavy (non-hydrogen) atoms. The molecule has 0 spiro atoms. The van der Waals surface area contributed by atoms with E-state index in [1.54, 1.807) is 0 Å². The molecule has 1 heterocycles. The van der Waals surface area contributed by atoms with E-state index < -0.39 is 23.5 Å². The van der Waals surface area contributed by atoms with E-state index in [0.717, 1.165) is 12.1 Å². The first kappa shape index (κ1) is 15.3. The lowest BCUT2D eigenvalue weighted by atomic mass is 10.2. The molecule has 0 amide bonds. The van der Waals surface area contributed by atoms with Crippen LogP contribution in [0.1, 0.15) is 15.9 Å². The molecule has 8 heteroatoms. The molecule has 0 aliphatic heterocycles. The Morgan fingerprint density at radius 2 is 1.95 bits per heavy atom. The largest absolute Gasteiger partial charge is 0.478 e. The summed E-state index contributed by atoms with van der Waals surface area (Å²) in [6.45, 7) is 0. The van der Waals surface area contributed by atoms with Crippen molar-refractivity contribution in [1.29, 1.82) is 0 Å². The van der Waals surface area contributed by atoms with Gasteiger partial charge in [0.15, 0.2) is 0 Å². The highest BCUT2D eigenvalue weighted by molar-refractivity contribution is 7.99. The molecule has 0 aliphatic carbocycles. The molecule has 0 saturated carbocycles. The third-order valence-corrected chi connectivity index (χ3v) is 3.54. The van der Waals surface area contributed by atoms with Gasteiger partial charge in [0, 0.05) is 11.1 Å². The van der Waals surface area contributed by atoms with E-state index in [1.807, 2.05) is 0 Å². The number of halogens is 4. The van der Waals surface area contributed by atoms with Crippen LogP contribution in [0.5, 0.6) is 0 Å². The molecule has 0 saturated heterocycles. The lowest BCUT2D eigenvalue weighted by Crippen LogP contribution is -2.05. The van der Waals surface area contributed by atoms with Gasteiger partial charge in [0.1, 0.15) is 10.8 Å². The maximum absolute atomic E-state index is 13.7. The van der Waals surface area contributed by atoms with Crippen molar-refractivity contribution in [3.05, 3.63) is 53.5 Å². The van der Waals surface area contributed by atoms with Crippen LogP contribution < -0.4 is 0 Å². The fourth-order valence-corrected chi connectivity index (χ4v) is 2.38. The van der Waals surface area contributed by atoms with Crippen molar-refractivity contribution < 1.29 is 27.5 Å². The molecule has 110 valence electrons. The Hall–Kier alpha value is -2.09. The topological polar surface area (TPSA) is 50.2 Å². The quantitative estimate of drug-likeness (QED) is 0.866. The first-order valence-corrected chi connectivity index (χ1v) is 6.33. The van der Waals surface area contributed by atoms with Crippen molar-refractivity contribution in [3.63, 3.8) is 0 Å². The number of rotatable bonds is 3. The average Bonchev–Trinajstić information content (AvgIpc) is 2.40. The highest BCUT2D eigenvalue weighted by Gasteiger charge is 2.31. The Morgan fingerprint density at radius 3 is 2.52 bits per heavy atom. The monoisotopic (exact) mass is 317 g/mol. The fourth-order valence-electron chi connectivity index (χ4n) is 1.50. The van der Waals surface area contributed by atoms with Crippen LogP contribution in [-0.2, 0) is 6.18 Å². The molecule has 3 nitrogen and oxygen atoms in total. The zero-order valence-corrected chi connectivity index (χ0v) is 11.0. The maximum atomic E-state index is 13.7. The molecule has 2 rings (SSSR count). The van der Waals surface area contributed by atoms with E-state index in [4.69, 9.17) is 5.11 Å². The van der Waals surface area contributed by atoms with Gasteiger partial charge in [-0.05, 0) is 30.3 Å². The van der Waals surface area contributed by atoms with Crippen LogP contribution in [0.15, 0.2) is 46.5 Å². The standard InChI is InChI=1S/C13H7F4NO2S/c14-9-6-7(13(15,16)17)3-4-10(9)21-11-8(12(19)20)2-1-5-18-11/h1-6H,(H,19,20). The third-order valence-electron chi connectivity index (χ3n) is 2.47. The number of nitrogens with zero attached hydrogens (tertiary/aromatic N) is 1. The minimum absolute atomic E-state index is 0.00339. The third kappa shape index (κ3) is 3.52. The summed E-state index contributed by atoms with van der Waals surface area (Å²) in [4.78, 5) is 14.7. The minimum Gasteiger partial charge on any atom is -0.478 e. The van der Waals surface area contributed by atoms with Gasteiger partial charge in [-0.2, -0.15) is 13.2 Å². The number of alkyl halides is 3. The van der Waals surface area contributed by atoms with Gasteiger partial charge in [-0.1, -0.05) is 11.8 Å². The molecule has 1 aromatic carbocycles. The first-order chi connectivity index (χ1) is 9.79. The first-order valence-electron chi connectivity index (χ1n) is 5.52. The number of aromatic nitrogens is 1. The highest BCUT2D eigenvalue weighted by atomic mass is 32.2. The van der Waals surface area contributed by atoms with Gasteiger partial charge in [0.25, 0.3) is 0 Å². The molecule has 0 unspecified atom stereocenters. The number of carbonyl (C=O) groups is 1. The lowest BCUT2D eigenvalue weighted by Gasteiger charge is -2.09. The van der Waals surface area contributed by atoms with Crippen molar-refractivity contribution >= 4 is 17.7 Å². The SMILES string of the molecule is O=C(O)c1cccnc1Sc1ccc(C(F)(F)F)cc1F. The Bertz CT molecular complexity index is 688. The molecular weight excluding hydrogens is 310 g/mol. The predicted octanol–water partition coefficient (Wildman–Crippen LogP) is 4.09. The summed E-state index contributed by atoms with van der Waals surface area (Å²) in [5.41, 5.74) is -1.26.